The molecule has 1 atom stereocenters. The van der Waals surface area contributed by atoms with E-state index < -0.39 is 0 Å². The third-order valence-electron chi connectivity index (χ3n) is 4.43. The first kappa shape index (κ1) is 17.3. The fraction of sp³-hybridized carbons (Fsp3) is 0.471. The number of rotatable bonds is 4. The molecule has 2 heterocycles. The molecule has 1 saturated heterocycles. The molecule has 24 heavy (non-hydrogen) atoms. The van der Waals surface area contributed by atoms with Gasteiger partial charge in [-0.2, -0.15) is 0 Å². The third-order valence-corrected chi connectivity index (χ3v) is 5.39. The van der Waals surface area contributed by atoms with Crippen molar-refractivity contribution in [3.8, 4) is 0 Å². The molecule has 128 valence electrons. The molecule has 1 amide bonds. The average molecular weight is 365 g/mol. The summed E-state index contributed by atoms with van der Waals surface area (Å²) in [5, 5.41) is 10.1. The van der Waals surface area contributed by atoms with Gasteiger partial charge in [0.15, 0.2) is 5.16 Å². The van der Waals surface area contributed by atoms with E-state index in [4.69, 9.17) is 11.6 Å². The summed E-state index contributed by atoms with van der Waals surface area (Å²) in [6.07, 6.45) is 4.42. The van der Waals surface area contributed by atoms with Gasteiger partial charge in [0.2, 0.25) is 5.91 Å². The summed E-state index contributed by atoms with van der Waals surface area (Å²) in [5.74, 6) is 1.37. The molecular formula is C17H21ClN4OS. The van der Waals surface area contributed by atoms with Gasteiger partial charge in [0.05, 0.1) is 6.42 Å². The fourth-order valence-corrected chi connectivity index (χ4v) is 3.91. The lowest BCUT2D eigenvalue weighted by atomic mass is 9.96. The molecule has 0 radical (unpaired) electrons. The number of carbonyl (C=O) groups is 1. The normalized spacial score (nSPS) is 18.0. The molecule has 1 aliphatic heterocycles. The molecule has 3 rings (SSSR count). The Morgan fingerprint density at radius 3 is 2.96 bits per heavy atom. The van der Waals surface area contributed by atoms with E-state index >= 15 is 0 Å². The summed E-state index contributed by atoms with van der Waals surface area (Å²) in [4.78, 5) is 14.6. The zero-order valence-corrected chi connectivity index (χ0v) is 15.5. The van der Waals surface area contributed by atoms with Crippen LogP contribution in [0.1, 0.15) is 30.1 Å². The van der Waals surface area contributed by atoms with Crippen LogP contribution in [0.4, 0.5) is 0 Å². The summed E-state index contributed by atoms with van der Waals surface area (Å²) < 4.78 is 2.04. The van der Waals surface area contributed by atoms with Crippen LogP contribution in [0.5, 0.6) is 0 Å². The minimum Gasteiger partial charge on any atom is -0.342 e. The predicted octanol–water partition coefficient (Wildman–Crippen LogP) is 3.14. The highest BCUT2D eigenvalue weighted by atomic mass is 35.5. The first-order valence-electron chi connectivity index (χ1n) is 8.04. The molecule has 1 aliphatic rings. The van der Waals surface area contributed by atoms with E-state index in [1.54, 1.807) is 11.8 Å². The van der Waals surface area contributed by atoms with E-state index in [2.05, 4.69) is 10.2 Å². The summed E-state index contributed by atoms with van der Waals surface area (Å²) in [5.41, 5.74) is 0.956. The van der Waals surface area contributed by atoms with Crippen LogP contribution < -0.4 is 0 Å². The topological polar surface area (TPSA) is 51.0 Å². The summed E-state index contributed by atoms with van der Waals surface area (Å²) >= 11 is 7.59. The second-order valence-corrected chi connectivity index (χ2v) is 7.30. The van der Waals surface area contributed by atoms with Gasteiger partial charge in [0, 0.05) is 31.1 Å². The number of hydrogen-bond acceptors (Lipinski definition) is 4. The molecule has 0 N–H and O–H groups in total. The number of benzene rings is 1. The van der Waals surface area contributed by atoms with Crippen molar-refractivity contribution in [2.45, 2.75) is 30.3 Å². The molecule has 0 spiro atoms. The number of piperidine rings is 1. The van der Waals surface area contributed by atoms with Gasteiger partial charge in [-0.05, 0) is 36.8 Å². The van der Waals surface area contributed by atoms with Crippen molar-refractivity contribution in [1.29, 1.82) is 0 Å². The molecule has 5 nitrogen and oxygen atoms in total. The van der Waals surface area contributed by atoms with Gasteiger partial charge in [-0.1, -0.05) is 35.5 Å². The Morgan fingerprint density at radius 2 is 2.25 bits per heavy atom. The zero-order valence-electron chi connectivity index (χ0n) is 13.9. The van der Waals surface area contributed by atoms with E-state index in [9.17, 15) is 4.79 Å². The SMILES string of the molecule is CSc1nnc([C@H]2CCCN(C(=O)Cc3cccc(Cl)c3)C2)n1C. The van der Waals surface area contributed by atoms with Crippen LogP contribution in [-0.2, 0) is 18.3 Å². The monoisotopic (exact) mass is 364 g/mol. The zero-order chi connectivity index (χ0) is 17.1. The molecule has 1 aromatic carbocycles. The number of aromatic nitrogens is 3. The van der Waals surface area contributed by atoms with Gasteiger partial charge in [0.1, 0.15) is 5.82 Å². The maximum atomic E-state index is 12.6. The van der Waals surface area contributed by atoms with Crippen molar-refractivity contribution in [3.63, 3.8) is 0 Å². The Kier molecular flexibility index (Phi) is 5.46. The molecule has 2 aromatic rings. The van der Waals surface area contributed by atoms with Crippen LogP contribution in [-0.4, -0.2) is 44.9 Å². The molecule has 0 aliphatic carbocycles. The maximum absolute atomic E-state index is 12.6. The van der Waals surface area contributed by atoms with Crippen molar-refractivity contribution >= 4 is 29.3 Å². The van der Waals surface area contributed by atoms with Gasteiger partial charge < -0.3 is 9.47 Å². The van der Waals surface area contributed by atoms with Crippen molar-refractivity contribution < 1.29 is 4.79 Å². The fourth-order valence-electron chi connectivity index (χ4n) is 3.21. The minimum atomic E-state index is 0.147. The number of hydrogen-bond donors (Lipinski definition) is 0. The Bertz CT molecular complexity index is 733. The number of amides is 1. The van der Waals surface area contributed by atoms with Gasteiger partial charge in [-0.15, -0.1) is 10.2 Å². The molecule has 1 fully saturated rings. The number of nitrogens with zero attached hydrogens (tertiary/aromatic N) is 4. The van der Waals surface area contributed by atoms with E-state index in [-0.39, 0.29) is 11.8 Å². The summed E-state index contributed by atoms with van der Waals surface area (Å²) in [6, 6.07) is 7.50. The van der Waals surface area contributed by atoms with Crippen LogP contribution in [0.15, 0.2) is 29.4 Å². The second-order valence-electron chi connectivity index (χ2n) is 6.09. The van der Waals surface area contributed by atoms with Crippen LogP contribution >= 0.6 is 23.4 Å². The largest absolute Gasteiger partial charge is 0.342 e. The van der Waals surface area contributed by atoms with Crippen LogP contribution in [0, 0.1) is 0 Å². The van der Waals surface area contributed by atoms with Gasteiger partial charge in [0.25, 0.3) is 0 Å². The van der Waals surface area contributed by atoms with Crippen molar-refractivity contribution in [3.05, 3.63) is 40.7 Å². The smallest absolute Gasteiger partial charge is 0.227 e. The number of carbonyl (C=O) groups excluding carboxylic acids is 1. The number of likely N-dealkylation sites (tertiary alicyclic amines) is 1. The molecule has 0 unspecified atom stereocenters. The van der Waals surface area contributed by atoms with Crippen LogP contribution in [0.2, 0.25) is 5.02 Å². The highest BCUT2D eigenvalue weighted by Gasteiger charge is 2.28. The Hall–Kier alpha value is -1.53. The molecule has 7 heteroatoms. The quantitative estimate of drug-likeness (QED) is 0.782. The Labute approximate surface area is 151 Å². The van der Waals surface area contributed by atoms with Crippen LogP contribution in [0.3, 0.4) is 0 Å². The van der Waals surface area contributed by atoms with Crippen molar-refractivity contribution in [1.82, 2.24) is 19.7 Å². The van der Waals surface area contributed by atoms with Gasteiger partial charge in [-0.3, -0.25) is 4.79 Å². The Morgan fingerprint density at radius 1 is 1.42 bits per heavy atom. The maximum Gasteiger partial charge on any atom is 0.227 e. The van der Waals surface area contributed by atoms with Crippen molar-refractivity contribution in [2.75, 3.05) is 19.3 Å². The van der Waals surface area contributed by atoms with Crippen molar-refractivity contribution in [2.24, 2.45) is 7.05 Å². The van der Waals surface area contributed by atoms with Gasteiger partial charge >= 0.3 is 0 Å². The second kappa shape index (κ2) is 7.57. The lowest BCUT2D eigenvalue weighted by molar-refractivity contribution is -0.131. The molecular weight excluding hydrogens is 344 g/mol. The number of thioether (sulfide) groups is 1. The lowest BCUT2D eigenvalue weighted by Gasteiger charge is -2.32. The first-order chi connectivity index (χ1) is 11.6. The lowest BCUT2D eigenvalue weighted by Crippen LogP contribution is -2.40. The highest BCUT2D eigenvalue weighted by Crippen LogP contribution is 2.27. The van der Waals surface area contributed by atoms with E-state index in [0.717, 1.165) is 35.9 Å². The highest BCUT2D eigenvalue weighted by molar-refractivity contribution is 7.98. The minimum absolute atomic E-state index is 0.147. The molecule has 0 bridgehead atoms. The first-order valence-corrected chi connectivity index (χ1v) is 9.64. The van der Waals surface area contributed by atoms with E-state index in [0.29, 0.717) is 18.0 Å². The van der Waals surface area contributed by atoms with E-state index in [1.165, 1.54) is 0 Å². The average Bonchev–Trinajstić information content (AvgIpc) is 2.95. The number of halogens is 1. The third kappa shape index (κ3) is 3.75. The van der Waals surface area contributed by atoms with E-state index in [1.807, 2.05) is 47.0 Å². The predicted molar refractivity (Wildman–Crippen MR) is 96.5 cm³/mol. The van der Waals surface area contributed by atoms with Crippen LogP contribution in [0.25, 0.3) is 0 Å². The molecule has 1 aromatic heterocycles. The molecule has 0 saturated carbocycles. The standard InChI is InChI=1S/C17H21ClN4OS/c1-21-16(19-20-17(21)24-2)13-6-4-8-22(11-13)15(23)10-12-5-3-7-14(18)9-12/h3,5,7,9,13H,4,6,8,10-11H2,1-2H3/t13-/m0/s1. The van der Waals surface area contributed by atoms with Gasteiger partial charge in [-0.25, -0.2) is 0 Å². The summed E-state index contributed by atoms with van der Waals surface area (Å²) in [6.45, 7) is 1.52. The Balaban J connectivity index is 1.68. The summed E-state index contributed by atoms with van der Waals surface area (Å²) in [7, 11) is 1.99.